The fraction of sp³-hybridized carbons (Fsp3) is 0.194. The molecule has 1 aliphatic carbocycles. The number of benzene rings is 2. The average molecular weight is 529 g/mol. The molecule has 2 N–H and O–H groups in total. The lowest BCUT2D eigenvalue weighted by Crippen LogP contribution is -2.60. The van der Waals surface area contributed by atoms with E-state index in [1.807, 2.05) is 45.7 Å². The normalized spacial score (nSPS) is 17.4. The van der Waals surface area contributed by atoms with Gasteiger partial charge in [0.15, 0.2) is 5.79 Å². The number of hydrogen-bond acceptors (Lipinski definition) is 7. The van der Waals surface area contributed by atoms with Gasteiger partial charge in [-0.05, 0) is 41.5 Å². The van der Waals surface area contributed by atoms with E-state index in [2.05, 4.69) is 52.4 Å². The van der Waals surface area contributed by atoms with Crippen LogP contribution in [0.1, 0.15) is 18.4 Å². The zero-order valence-electron chi connectivity index (χ0n) is 21.6. The number of ether oxygens (including phenoxy) is 2. The molecule has 40 heavy (non-hydrogen) atoms. The molecule has 6 aromatic rings. The summed E-state index contributed by atoms with van der Waals surface area (Å²) in [6.45, 7) is 1.25. The van der Waals surface area contributed by atoms with Crippen molar-refractivity contribution in [3.63, 3.8) is 0 Å². The van der Waals surface area contributed by atoms with Gasteiger partial charge in [0.05, 0.1) is 41.0 Å². The molecule has 0 bridgehead atoms. The highest BCUT2D eigenvalue weighted by atomic mass is 16.7. The largest absolute Gasteiger partial charge is 0.351 e. The van der Waals surface area contributed by atoms with Gasteiger partial charge in [0, 0.05) is 37.0 Å². The highest BCUT2D eigenvalue weighted by Gasteiger charge is 2.57. The number of hydrogen-bond donors (Lipinski definition) is 1. The van der Waals surface area contributed by atoms with Crippen LogP contribution < -0.4 is 10.1 Å². The molecule has 1 aliphatic heterocycles. The molecule has 0 amide bonds. The summed E-state index contributed by atoms with van der Waals surface area (Å²) in [7, 11) is 0. The fourth-order valence-corrected chi connectivity index (χ4v) is 5.99. The summed E-state index contributed by atoms with van der Waals surface area (Å²) >= 11 is 0. The second-order valence-corrected chi connectivity index (χ2v) is 10.5. The Bertz CT molecular complexity index is 1860. The van der Waals surface area contributed by atoms with E-state index in [0.717, 1.165) is 38.9 Å². The standard InChI is InChI=1S/C31H26N7O2/c32-30(19-31(20-30)39-15-16-40-31)23-7-9-24(10-8-23)38-29-25-17-22(21-5-2-1-3-6-21)18-35-26(25)11-14-37(29)28(36-38)27-33-12-4-13-34-27/h1-14,17-18H,15-16,19-20,32H2/q+1. The molecular formula is C31H26N7O2+. The number of nitrogens with two attached hydrogens (primary N) is 1. The Kier molecular flexibility index (Phi) is 5.09. The smallest absolute Gasteiger partial charge is 0.347 e. The van der Waals surface area contributed by atoms with E-state index in [9.17, 15) is 0 Å². The van der Waals surface area contributed by atoms with Crippen LogP contribution in [0, 0.1) is 0 Å². The second-order valence-electron chi connectivity index (χ2n) is 10.5. The Morgan fingerprint density at radius 1 is 0.825 bits per heavy atom. The molecule has 0 radical (unpaired) electrons. The van der Waals surface area contributed by atoms with Gasteiger partial charge in [0.1, 0.15) is 5.69 Å². The minimum absolute atomic E-state index is 0.478. The summed E-state index contributed by atoms with van der Waals surface area (Å²) in [5.74, 6) is 0.657. The summed E-state index contributed by atoms with van der Waals surface area (Å²) in [6.07, 6.45) is 8.63. The maximum absolute atomic E-state index is 6.77. The number of rotatable bonds is 4. The number of fused-ring (bicyclic) bond motifs is 3. The van der Waals surface area contributed by atoms with Crippen molar-refractivity contribution in [2.24, 2.45) is 5.73 Å². The van der Waals surface area contributed by atoms with Crippen molar-refractivity contribution >= 4 is 16.6 Å². The molecule has 0 unspecified atom stereocenters. The highest BCUT2D eigenvalue weighted by Crippen LogP contribution is 2.51. The van der Waals surface area contributed by atoms with E-state index in [0.29, 0.717) is 37.7 Å². The number of pyridine rings is 2. The molecule has 196 valence electrons. The molecule has 5 heterocycles. The van der Waals surface area contributed by atoms with Crippen LogP contribution in [0.4, 0.5) is 0 Å². The predicted molar refractivity (Wildman–Crippen MR) is 148 cm³/mol. The van der Waals surface area contributed by atoms with Crippen LogP contribution in [-0.4, -0.2) is 43.7 Å². The third kappa shape index (κ3) is 3.63. The van der Waals surface area contributed by atoms with Gasteiger partial charge in [0.25, 0.3) is 5.65 Å². The Morgan fingerprint density at radius 3 is 2.33 bits per heavy atom. The molecule has 2 fully saturated rings. The Morgan fingerprint density at radius 2 is 1.57 bits per heavy atom. The molecule has 4 aromatic heterocycles. The van der Waals surface area contributed by atoms with E-state index in [1.54, 1.807) is 18.5 Å². The van der Waals surface area contributed by atoms with Gasteiger partial charge in [0.2, 0.25) is 5.82 Å². The van der Waals surface area contributed by atoms with Gasteiger partial charge in [-0.2, -0.15) is 4.40 Å². The summed E-state index contributed by atoms with van der Waals surface area (Å²) in [5, 5.41) is 5.99. The van der Waals surface area contributed by atoms with E-state index < -0.39 is 11.3 Å². The quantitative estimate of drug-likeness (QED) is 0.345. The van der Waals surface area contributed by atoms with Gasteiger partial charge in [-0.1, -0.05) is 47.1 Å². The summed E-state index contributed by atoms with van der Waals surface area (Å²) in [6, 6.07) is 24.5. The van der Waals surface area contributed by atoms with Crippen molar-refractivity contribution in [2.45, 2.75) is 24.2 Å². The fourth-order valence-electron chi connectivity index (χ4n) is 5.99. The first kappa shape index (κ1) is 23.3. The van der Waals surface area contributed by atoms with Crippen molar-refractivity contribution in [3.8, 4) is 28.5 Å². The summed E-state index contributed by atoms with van der Waals surface area (Å²) in [4.78, 5) is 13.8. The van der Waals surface area contributed by atoms with Crippen molar-refractivity contribution in [1.29, 1.82) is 0 Å². The third-order valence-corrected chi connectivity index (χ3v) is 7.94. The predicted octanol–water partition coefficient (Wildman–Crippen LogP) is 3.97. The zero-order valence-corrected chi connectivity index (χ0v) is 21.6. The zero-order chi connectivity index (χ0) is 26.7. The third-order valence-electron chi connectivity index (χ3n) is 7.94. The van der Waals surface area contributed by atoms with Crippen LogP contribution in [0.5, 0.6) is 0 Å². The Hall–Kier alpha value is -4.57. The monoisotopic (exact) mass is 528 g/mol. The van der Waals surface area contributed by atoms with Crippen LogP contribution >= 0.6 is 0 Å². The minimum atomic E-state index is -0.519. The lowest BCUT2D eigenvalue weighted by molar-refractivity contribution is -0.499. The lowest BCUT2D eigenvalue weighted by atomic mass is 9.68. The molecule has 1 saturated carbocycles. The van der Waals surface area contributed by atoms with Crippen molar-refractivity contribution in [2.75, 3.05) is 13.2 Å². The topological polar surface area (TPSA) is 105 Å². The van der Waals surface area contributed by atoms with E-state index in [1.165, 1.54) is 0 Å². The maximum atomic E-state index is 6.77. The van der Waals surface area contributed by atoms with Crippen molar-refractivity contribution in [3.05, 3.63) is 103 Å². The first-order valence-electron chi connectivity index (χ1n) is 13.3. The molecule has 0 atom stereocenters. The summed E-state index contributed by atoms with van der Waals surface area (Å²) in [5.41, 5.74) is 12.1. The van der Waals surface area contributed by atoms with Gasteiger partial charge >= 0.3 is 5.82 Å². The van der Waals surface area contributed by atoms with Gasteiger partial charge in [-0.15, -0.1) is 0 Å². The van der Waals surface area contributed by atoms with Gasteiger partial charge in [-0.25, -0.2) is 9.97 Å². The summed E-state index contributed by atoms with van der Waals surface area (Å²) < 4.78 is 15.6. The molecule has 9 nitrogen and oxygen atoms in total. The average Bonchev–Trinajstić information content (AvgIpc) is 3.63. The number of aromatic nitrogens is 6. The van der Waals surface area contributed by atoms with Crippen LogP contribution in [-0.2, 0) is 15.0 Å². The van der Waals surface area contributed by atoms with Crippen LogP contribution in [0.3, 0.4) is 0 Å². The first-order chi connectivity index (χ1) is 19.6. The van der Waals surface area contributed by atoms with Gasteiger partial charge < -0.3 is 15.2 Å². The molecule has 2 aromatic carbocycles. The van der Waals surface area contributed by atoms with E-state index >= 15 is 0 Å². The van der Waals surface area contributed by atoms with Crippen molar-refractivity contribution < 1.29 is 13.9 Å². The van der Waals surface area contributed by atoms with E-state index in [-0.39, 0.29) is 0 Å². The Balaban J connectivity index is 1.28. The SMILES string of the molecule is NC1(c2ccc(-n3nc(-c4ncccn4)[n+]4ccc5ncc(-c6ccccc6)cc5c34)cc2)CC2(C1)OCCO2. The molecule has 1 spiro atoms. The number of nitrogens with zero attached hydrogens (tertiary/aromatic N) is 6. The minimum Gasteiger partial charge on any atom is -0.347 e. The van der Waals surface area contributed by atoms with Crippen LogP contribution in [0.15, 0.2) is 97.6 Å². The molecule has 8 rings (SSSR count). The maximum Gasteiger partial charge on any atom is 0.351 e. The first-order valence-corrected chi connectivity index (χ1v) is 13.3. The second kappa shape index (κ2) is 8.72. The molecule has 1 saturated heterocycles. The van der Waals surface area contributed by atoms with Crippen LogP contribution in [0.2, 0.25) is 0 Å². The molecular weight excluding hydrogens is 502 g/mol. The molecule has 9 heteroatoms. The Labute approximate surface area is 229 Å². The van der Waals surface area contributed by atoms with E-state index in [4.69, 9.17) is 25.3 Å². The van der Waals surface area contributed by atoms with Crippen molar-refractivity contribution in [1.82, 2.24) is 24.7 Å². The lowest BCUT2D eigenvalue weighted by Gasteiger charge is -2.50. The highest BCUT2D eigenvalue weighted by molar-refractivity contribution is 5.93. The molecule has 2 aliphatic rings. The van der Waals surface area contributed by atoms with Crippen LogP contribution in [0.25, 0.3) is 45.0 Å². The van der Waals surface area contributed by atoms with Gasteiger partial charge in [-0.3, -0.25) is 4.98 Å².